The molecule has 2 aromatic heterocycles. The highest BCUT2D eigenvalue weighted by Gasteiger charge is 2.18. The van der Waals surface area contributed by atoms with Gasteiger partial charge in [-0.05, 0) is 43.7 Å². The molecular weight excluding hydrogens is 488 g/mol. The average Bonchev–Trinajstić information content (AvgIpc) is 3.31. The lowest BCUT2D eigenvalue weighted by molar-refractivity contribution is 0.194. The van der Waals surface area contributed by atoms with Crippen molar-refractivity contribution in [3.05, 3.63) is 63.8 Å². The van der Waals surface area contributed by atoms with E-state index in [1.54, 1.807) is 31.6 Å². The number of thiophene rings is 1. The van der Waals surface area contributed by atoms with Crippen LogP contribution in [0, 0.1) is 6.92 Å². The molecule has 0 saturated carbocycles. The van der Waals surface area contributed by atoms with Crippen molar-refractivity contribution in [1.29, 1.82) is 0 Å². The van der Waals surface area contributed by atoms with E-state index in [4.69, 9.17) is 26.2 Å². The number of hydrogen-bond donors (Lipinski definition) is 3. The van der Waals surface area contributed by atoms with Crippen molar-refractivity contribution in [2.45, 2.75) is 26.4 Å². The first-order valence-electron chi connectivity index (χ1n) is 10.8. The van der Waals surface area contributed by atoms with Gasteiger partial charge in [0.1, 0.15) is 11.6 Å². The van der Waals surface area contributed by atoms with Gasteiger partial charge in [-0.25, -0.2) is 14.8 Å². The number of fused-ring (bicyclic) bond motifs is 1. The average molecular weight is 513 g/mol. The van der Waals surface area contributed by atoms with Crippen LogP contribution in [-0.4, -0.2) is 35.4 Å². The molecular formula is C25H25ClN4O4S. The molecule has 0 aliphatic heterocycles. The number of aromatic nitrogens is 2. The molecule has 3 N–H and O–H groups in total. The van der Waals surface area contributed by atoms with Crippen molar-refractivity contribution < 1.29 is 19.4 Å². The highest BCUT2D eigenvalue weighted by molar-refractivity contribution is 7.15. The molecule has 0 aliphatic rings. The van der Waals surface area contributed by atoms with E-state index in [2.05, 4.69) is 27.5 Å². The molecule has 4 rings (SSSR count). The molecule has 2 heterocycles. The molecule has 1 atom stereocenters. The first kappa shape index (κ1) is 24.6. The van der Waals surface area contributed by atoms with Gasteiger partial charge in [-0.1, -0.05) is 23.7 Å². The SMILES string of the molecule is COc1cc2nc(C)nc(NC(C)c3ccc(-c4c(Cl)cccc4CNC(=O)O)s3)c2cc1OC. The van der Waals surface area contributed by atoms with Gasteiger partial charge in [0.2, 0.25) is 0 Å². The van der Waals surface area contributed by atoms with E-state index in [0.29, 0.717) is 28.2 Å². The molecule has 0 radical (unpaired) electrons. The van der Waals surface area contributed by atoms with Crippen LogP contribution in [0.4, 0.5) is 10.6 Å². The molecule has 0 spiro atoms. The third-order valence-electron chi connectivity index (χ3n) is 5.50. The molecule has 0 fully saturated rings. The van der Waals surface area contributed by atoms with Crippen LogP contribution < -0.4 is 20.1 Å². The van der Waals surface area contributed by atoms with E-state index in [1.807, 2.05) is 43.3 Å². The summed E-state index contributed by atoms with van der Waals surface area (Å²) in [6.07, 6.45) is -1.08. The highest BCUT2D eigenvalue weighted by Crippen LogP contribution is 2.39. The minimum atomic E-state index is -1.08. The maximum absolute atomic E-state index is 11.0. The monoisotopic (exact) mass is 512 g/mol. The molecule has 4 aromatic rings. The topological polar surface area (TPSA) is 106 Å². The number of amides is 1. The molecule has 8 nitrogen and oxygen atoms in total. The van der Waals surface area contributed by atoms with Crippen LogP contribution in [0.3, 0.4) is 0 Å². The summed E-state index contributed by atoms with van der Waals surface area (Å²) in [6.45, 7) is 4.07. The summed E-state index contributed by atoms with van der Waals surface area (Å²) in [5.41, 5.74) is 2.39. The third-order valence-corrected chi connectivity index (χ3v) is 7.10. The second kappa shape index (κ2) is 10.4. The van der Waals surface area contributed by atoms with Crippen molar-refractivity contribution in [2.75, 3.05) is 19.5 Å². The Kier molecular flexibility index (Phi) is 7.28. The summed E-state index contributed by atoms with van der Waals surface area (Å²) in [7, 11) is 3.19. The van der Waals surface area contributed by atoms with Gasteiger partial charge in [-0.3, -0.25) is 0 Å². The number of carbonyl (C=O) groups is 1. The smallest absolute Gasteiger partial charge is 0.404 e. The van der Waals surface area contributed by atoms with Crippen molar-refractivity contribution in [1.82, 2.24) is 15.3 Å². The van der Waals surface area contributed by atoms with Gasteiger partial charge in [0, 0.05) is 38.3 Å². The molecule has 35 heavy (non-hydrogen) atoms. The number of aryl methyl sites for hydroxylation is 1. The van der Waals surface area contributed by atoms with Crippen LogP contribution in [0.2, 0.25) is 5.02 Å². The lowest BCUT2D eigenvalue weighted by Crippen LogP contribution is -2.20. The number of methoxy groups -OCH3 is 2. The van der Waals surface area contributed by atoms with E-state index in [1.165, 1.54) is 0 Å². The molecule has 10 heteroatoms. The Labute approximate surface area is 211 Å². The van der Waals surface area contributed by atoms with E-state index < -0.39 is 6.09 Å². The Hall–Kier alpha value is -3.56. The maximum atomic E-state index is 11.0. The summed E-state index contributed by atoms with van der Waals surface area (Å²) >= 11 is 8.10. The molecule has 0 bridgehead atoms. The zero-order valence-electron chi connectivity index (χ0n) is 19.7. The largest absolute Gasteiger partial charge is 0.493 e. The van der Waals surface area contributed by atoms with E-state index in [9.17, 15) is 4.79 Å². The molecule has 1 amide bonds. The van der Waals surface area contributed by atoms with Crippen LogP contribution >= 0.6 is 22.9 Å². The van der Waals surface area contributed by atoms with E-state index >= 15 is 0 Å². The van der Waals surface area contributed by atoms with E-state index in [0.717, 1.165) is 31.8 Å². The van der Waals surface area contributed by atoms with Crippen molar-refractivity contribution in [2.24, 2.45) is 0 Å². The molecule has 1 unspecified atom stereocenters. The maximum Gasteiger partial charge on any atom is 0.404 e. The second-order valence-electron chi connectivity index (χ2n) is 7.84. The van der Waals surface area contributed by atoms with Crippen LogP contribution in [-0.2, 0) is 6.54 Å². The fourth-order valence-corrected chi connectivity index (χ4v) is 5.30. The summed E-state index contributed by atoms with van der Waals surface area (Å²) in [5, 5.41) is 16.3. The number of benzene rings is 2. The van der Waals surface area contributed by atoms with Crippen LogP contribution in [0.1, 0.15) is 29.2 Å². The predicted octanol–water partition coefficient (Wildman–Crippen LogP) is 6.28. The number of anilines is 1. The number of rotatable bonds is 8. The van der Waals surface area contributed by atoms with Gasteiger partial charge < -0.3 is 25.2 Å². The standard InChI is InChI=1S/C25H25ClN4O4S/c1-13(28-24-16-10-19(33-3)20(34-4)11-18(16)29-14(2)30-24)21-8-9-22(35-21)23-15(12-27-25(31)32)6-5-7-17(23)26/h5-11,13,27H,12H2,1-4H3,(H,31,32)(H,28,29,30). The molecule has 2 aromatic carbocycles. The van der Waals surface area contributed by atoms with Crippen LogP contribution in [0.15, 0.2) is 42.5 Å². The number of nitrogens with zero attached hydrogens (tertiary/aromatic N) is 2. The zero-order chi connectivity index (χ0) is 25.1. The van der Waals surface area contributed by atoms with Crippen molar-refractivity contribution >= 4 is 45.8 Å². The molecule has 0 aliphatic carbocycles. The Morgan fingerprint density at radius 1 is 1.14 bits per heavy atom. The normalized spacial score (nSPS) is 11.8. The first-order valence-corrected chi connectivity index (χ1v) is 12.0. The van der Waals surface area contributed by atoms with Gasteiger partial charge in [0.25, 0.3) is 0 Å². The van der Waals surface area contributed by atoms with Gasteiger partial charge >= 0.3 is 6.09 Å². The van der Waals surface area contributed by atoms with Gasteiger partial charge in [0.05, 0.1) is 25.8 Å². The number of ether oxygens (including phenoxy) is 2. The Morgan fingerprint density at radius 2 is 1.89 bits per heavy atom. The second-order valence-corrected chi connectivity index (χ2v) is 9.37. The Bertz CT molecular complexity index is 1390. The Morgan fingerprint density at radius 3 is 2.60 bits per heavy atom. The van der Waals surface area contributed by atoms with Gasteiger partial charge in [-0.15, -0.1) is 11.3 Å². The summed E-state index contributed by atoms with van der Waals surface area (Å²) in [5.74, 6) is 2.54. The van der Waals surface area contributed by atoms with Crippen LogP contribution in [0.5, 0.6) is 11.5 Å². The number of halogens is 1. The fourth-order valence-electron chi connectivity index (χ4n) is 3.84. The quantitative estimate of drug-likeness (QED) is 0.255. The van der Waals surface area contributed by atoms with Gasteiger partial charge in [0.15, 0.2) is 11.5 Å². The number of nitrogens with one attached hydrogen (secondary N) is 2. The minimum absolute atomic E-state index is 0.0672. The predicted molar refractivity (Wildman–Crippen MR) is 139 cm³/mol. The summed E-state index contributed by atoms with van der Waals surface area (Å²) in [6, 6.07) is 13.2. The zero-order valence-corrected chi connectivity index (χ0v) is 21.3. The Balaban J connectivity index is 1.66. The van der Waals surface area contributed by atoms with E-state index in [-0.39, 0.29) is 12.6 Å². The third kappa shape index (κ3) is 5.26. The van der Waals surface area contributed by atoms with Gasteiger partial charge in [-0.2, -0.15) is 0 Å². The van der Waals surface area contributed by atoms with Crippen molar-refractivity contribution in [3.63, 3.8) is 0 Å². The molecule has 0 saturated heterocycles. The van der Waals surface area contributed by atoms with Crippen LogP contribution in [0.25, 0.3) is 21.3 Å². The number of carboxylic acid groups (broad SMARTS) is 1. The lowest BCUT2D eigenvalue weighted by Gasteiger charge is -2.17. The first-order chi connectivity index (χ1) is 16.8. The molecule has 182 valence electrons. The highest BCUT2D eigenvalue weighted by atomic mass is 35.5. The summed E-state index contributed by atoms with van der Waals surface area (Å²) in [4.78, 5) is 22.2. The summed E-state index contributed by atoms with van der Waals surface area (Å²) < 4.78 is 10.9. The van der Waals surface area contributed by atoms with Crippen molar-refractivity contribution in [3.8, 4) is 21.9 Å². The lowest BCUT2D eigenvalue weighted by atomic mass is 10.1. The fraction of sp³-hybridized carbons (Fsp3) is 0.240. The number of hydrogen-bond acceptors (Lipinski definition) is 7. The minimum Gasteiger partial charge on any atom is -0.493 e.